The molecule has 3 atom stereocenters. The van der Waals surface area contributed by atoms with Crippen LogP contribution in [0, 0.1) is 17.8 Å². The van der Waals surface area contributed by atoms with Crippen LogP contribution in [0.15, 0.2) is 18.3 Å². The van der Waals surface area contributed by atoms with Crippen molar-refractivity contribution in [1.82, 2.24) is 9.88 Å². The van der Waals surface area contributed by atoms with Crippen molar-refractivity contribution >= 4 is 6.09 Å². The number of pyridine rings is 1. The maximum absolute atomic E-state index is 12.9. The molecule has 0 spiro atoms. The van der Waals surface area contributed by atoms with Crippen molar-refractivity contribution in [3.63, 3.8) is 0 Å². The molecule has 2 aliphatic rings. The molecule has 1 unspecified atom stereocenters. The molecule has 2 heterocycles. The van der Waals surface area contributed by atoms with Gasteiger partial charge in [-0.1, -0.05) is 0 Å². The van der Waals surface area contributed by atoms with Crippen LogP contribution in [0.5, 0.6) is 5.75 Å². The average molecular weight is 358 g/mol. The van der Waals surface area contributed by atoms with Crippen molar-refractivity contribution < 1.29 is 27.4 Å². The molecule has 1 saturated carbocycles. The van der Waals surface area contributed by atoms with Crippen LogP contribution in [0.4, 0.5) is 18.0 Å². The van der Waals surface area contributed by atoms with Crippen LogP contribution in [0.3, 0.4) is 0 Å². The van der Waals surface area contributed by atoms with Gasteiger partial charge >= 0.3 is 12.3 Å². The number of ether oxygens (including phenoxy) is 2. The molecule has 138 valence electrons. The van der Waals surface area contributed by atoms with Crippen molar-refractivity contribution in [3.05, 3.63) is 24.0 Å². The van der Waals surface area contributed by atoms with Crippen LogP contribution < -0.4 is 4.74 Å². The topological polar surface area (TPSA) is 51.7 Å². The molecule has 0 aromatic carbocycles. The molecular weight excluding hydrogens is 337 g/mol. The zero-order valence-corrected chi connectivity index (χ0v) is 14.3. The van der Waals surface area contributed by atoms with Crippen molar-refractivity contribution in [1.29, 1.82) is 0 Å². The predicted molar refractivity (Wildman–Crippen MR) is 83.0 cm³/mol. The summed E-state index contributed by atoms with van der Waals surface area (Å²) in [5.41, 5.74) is -1.54. The lowest BCUT2D eigenvalue weighted by Crippen LogP contribution is -2.37. The highest BCUT2D eigenvalue weighted by Gasteiger charge is 2.57. The summed E-state index contributed by atoms with van der Waals surface area (Å²) in [4.78, 5) is 17.0. The van der Waals surface area contributed by atoms with Crippen molar-refractivity contribution in [3.8, 4) is 5.75 Å². The number of likely N-dealkylation sites (tertiary alicyclic amines) is 1. The number of aromatic nitrogens is 1. The number of hydrogen-bond acceptors (Lipinski definition) is 4. The van der Waals surface area contributed by atoms with Crippen LogP contribution in [-0.4, -0.2) is 41.3 Å². The fourth-order valence-corrected chi connectivity index (χ4v) is 3.28. The second-order valence-corrected chi connectivity index (χ2v) is 7.54. The summed E-state index contributed by atoms with van der Waals surface area (Å²) in [6, 6.07) is 2.70. The van der Waals surface area contributed by atoms with Gasteiger partial charge in [0, 0.05) is 25.2 Å². The van der Waals surface area contributed by atoms with Gasteiger partial charge in [0.1, 0.15) is 11.4 Å². The van der Waals surface area contributed by atoms with E-state index in [1.165, 1.54) is 12.1 Å². The zero-order chi connectivity index (χ0) is 18.4. The summed E-state index contributed by atoms with van der Waals surface area (Å²) in [6.07, 6.45) is -3.78. The van der Waals surface area contributed by atoms with E-state index in [0.29, 0.717) is 13.1 Å². The fraction of sp³-hybridized carbons (Fsp3) is 0.647. The van der Waals surface area contributed by atoms with Crippen LogP contribution in [0.25, 0.3) is 0 Å². The fourth-order valence-electron chi connectivity index (χ4n) is 3.28. The largest absolute Gasteiger partial charge is 0.491 e. The Kier molecular flexibility index (Phi) is 4.33. The van der Waals surface area contributed by atoms with Gasteiger partial charge in [-0.3, -0.25) is 0 Å². The lowest BCUT2D eigenvalue weighted by molar-refractivity contribution is -0.142. The lowest BCUT2D eigenvalue weighted by atomic mass is 10.2. The van der Waals surface area contributed by atoms with Gasteiger partial charge in [0.2, 0.25) is 0 Å². The predicted octanol–water partition coefficient (Wildman–Crippen LogP) is 3.59. The Labute approximate surface area is 144 Å². The highest BCUT2D eigenvalue weighted by Crippen LogP contribution is 2.52. The quantitative estimate of drug-likeness (QED) is 0.829. The number of amides is 1. The highest BCUT2D eigenvalue weighted by atomic mass is 19.4. The number of carbonyl (C=O) groups is 1. The molecule has 1 aliphatic carbocycles. The number of piperidine rings is 1. The van der Waals surface area contributed by atoms with E-state index >= 15 is 0 Å². The van der Waals surface area contributed by atoms with Crippen LogP contribution >= 0.6 is 0 Å². The molecule has 0 bridgehead atoms. The van der Waals surface area contributed by atoms with Gasteiger partial charge in [-0.15, -0.1) is 0 Å². The number of carbonyl (C=O) groups excluding carboxylic acids is 1. The Hall–Kier alpha value is -1.99. The summed E-state index contributed by atoms with van der Waals surface area (Å²) in [5, 5.41) is 0. The number of hydrogen-bond donors (Lipinski definition) is 0. The Morgan fingerprint density at radius 2 is 1.92 bits per heavy atom. The van der Waals surface area contributed by atoms with Gasteiger partial charge in [0.25, 0.3) is 0 Å². The molecular formula is C17H21F3N2O3. The normalized spacial score (nSPS) is 25.5. The van der Waals surface area contributed by atoms with E-state index in [2.05, 4.69) is 4.98 Å². The van der Waals surface area contributed by atoms with E-state index in [0.717, 1.165) is 6.20 Å². The van der Waals surface area contributed by atoms with Crippen molar-refractivity contribution in [2.24, 2.45) is 17.8 Å². The van der Waals surface area contributed by atoms with Crippen LogP contribution in [-0.2, 0) is 10.9 Å². The minimum Gasteiger partial charge on any atom is -0.491 e. The molecule has 1 aromatic heterocycles. The molecule has 1 saturated heterocycles. The highest BCUT2D eigenvalue weighted by molar-refractivity contribution is 5.69. The Morgan fingerprint density at radius 1 is 1.28 bits per heavy atom. The van der Waals surface area contributed by atoms with E-state index < -0.39 is 17.5 Å². The van der Waals surface area contributed by atoms with Crippen LogP contribution in [0.2, 0.25) is 0 Å². The minimum atomic E-state index is -4.54. The van der Waals surface area contributed by atoms with Crippen molar-refractivity contribution in [2.75, 3.05) is 19.7 Å². The molecule has 8 heteroatoms. The summed E-state index contributed by atoms with van der Waals surface area (Å²) >= 11 is 0. The first kappa shape index (κ1) is 17.8. The van der Waals surface area contributed by atoms with E-state index in [1.54, 1.807) is 4.90 Å². The second-order valence-electron chi connectivity index (χ2n) is 7.54. The first-order valence-corrected chi connectivity index (χ1v) is 8.19. The second kappa shape index (κ2) is 6.07. The summed E-state index contributed by atoms with van der Waals surface area (Å²) in [5.74, 6) is 0.445. The molecule has 0 radical (unpaired) electrons. The molecule has 1 amide bonds. The summed E-state index contributed by atoms with van der Waals surface area (Å²) in [6.45, 7) is 6.76. The molecule has 5 nitrogen and oxygen atoms in total. The molecule has 2 fully saturated rings. The molecule has 1 aliphatic heterocycles. The molecule has 3 rings (SSSR count). The Morgan fingerprint density at radius 3 is 2.48 bits per heavy atom. The van der Waals surface area contributed by atoms with Gasteiger partial charge in [0.15, 0.2) is 5.69 Å². The van der Waals surface area contributed by atoms with Gasteiger partial charge in [-0.25, -0.2) is 9.78 Å². The van der Waals surface area contributed by atoms with Gasteiger partial charge in [-0.05, 0) is 44.7 Å². The smallest absolute Gasteiger partial charge is 0.437 e. The number of halogens is 3. The van der Waals surface area contributed by atoms with Gasteiger partial charge in [0.05, 0.1) is 6.61 Å². The standard InChI is InChI=1S/C17H21F3N2O3/c1-16(2,3)25-15(23)22-7-10-11(8-22)12(10)9-24-13-5-4-6-21-14(13)17(18,19)20/h4-6,10-12H,7-9H2,1-3H3/t10-,11+,12?. The first-order chi connectivity index (χ1) is 11.6. The number of fused-ring (bicyclic) bond motifs is 1. The third-order valence-electron chi connectivity index (χ3n) is 4.49. The average Bonchev–Trinajstić information content (AvgIpc) is 2.93. The minimum absolute atomic E-state index is 0.167. The number of alkyl halides is 3. The molecule has 0 N–H and O–H groups in total. The third-order valence-corrected chi connectivity index (χ3v) is 4.49. The number of nitrogens with zero attached hydrogens (tertiary/aromatic N) is 2. The van der Waals surface area contributed by atoms with Crippen molar-refractivity contribution in [2.45, 2.75) is 32.5 Å². The lowest BCUT2D eigenvalue weighted by Gasteiger charge is -2.26. The Balaban J connectivity index is 1.51. The zero-order valence-electron chi connectivity index (χ0n) is 14.3. The molecule has 25 heavy (non-hydrogen) atoms. The number of rotatable bonds is 3. The molecule has 1 aromatic rings. The van der Waals surface area contributed by atoms with Crippen LogP contribution in [0.1, 0.15) is 26.5 Å². The van der Waals surface area contributed by atoms with E-state index in [1.807, 2.05) is 20.8 Å². The summed E-state index contributed by atoms with van der Waals surface area (Å²) < 4.78 is 49.4. The monoisotopic (exact) mass is 358 g/mol. The van der Waals surface area contributed by atoms with E-state index in [9.17, 15) is 18.0 Å². The Bertz CT molecular complexity index is 645. The SMILES string of the molecule is CC(C)(C)OC(=O)N1C[C@@H]2C(COc3cccnc3C(F)(F)F)[C@@H]2C1. The van der Waals surface area contributed by atoms with Gasteiger partial charge in [-0.2, -0.15) is 13.2 Å². The maximum atomic E-state index is 12.9. The third kappa shape index (κ3) is 3.99. The van der Waals surface area contributed by atoms with Gasteiger partial charge < -0.3 is 14.4 Å². The first-order valence-electron chi connectivity index (χ1n) is 8.19. The maximum Gasteiger partial charge on any atom is 0.437 e. The summed E-state index contributed by atoms with van der Waals surface area (Å²) in [7, 11) is 0. The van der Waals surface area contributed by atoms with E-state index in [4.69, 9.17) is 9.47 Å². The van der Waals surface area contributed by atoms with E-state index in [-0.39, 0.29) is 36.2 Å².